The lowest BCUT2D eigenvalue weighted by Crippen LogP contribution is -2.44. The van der Waals surface area contributed by atoms with Crippen LogP contribution in [0.5, 0.6) is 0 Å². The predicted octanol–water partition coefficient (Wildman–Crippen LogP) is 6.07. The molecule has 0 aliphatic heterocycles. The Morgan fingerprint density at radius 2 is 1.62 bits per heavy atom. The van der Waals surface area contributed by atoms with Crippen molar-refractivity contribution in [1.82, 2.24) is 0 Å². The minimum absolute atomic E-state index is 0.0878. The number of hydrogen-bond donors (Lipinski definition) is 0. The zero-order chi connectivity index (χ0) is 18.9. The number of hydrogen-bond acceptors (Lipinski definition) is 2. The van der Waals surface area contributed by atoms with Crippen molar-refractivity contribution in [3.8, 4) is 10.4 Å². The van der Waals surface area contributed by atoms with Gasteiger partial charge in [-0.25, -0.2) is 0 Å². The highest BCUT2D eigenvalue weighted by atomic mass is 79.9. The highest BCUT2D eigenvalue weighted by Crippen LogP contribution is 2.49. The van der Waals surface area contributed by atoms with Crippen molar-refractivity contribution in [3.05, 3.63) is 81.1 Å². The van der Waals surface area contributed by atoms with Crippen molar-refractivity contribution < 1.29 is 4.43 Å². The summed E-state index contributed by atoms with van der Waals surface area (Å²) in [6.07, 6.45) is 0. The molecule has 136 valence electrons. The van der Waals surface area contributed by atoms with Gasteiger partial charge in [0.15, 0.2) is 0 Å². The second-order valence-corrected chi connectivity index (χ2v) is 10.5. The maximum absolute atomic E-state index is 6.48. The van der Waals surface area contributed by atoms with Crippen LogP contribution in [0.25, 0.3) is 10.4 Å². The van der Waals surface area contributed by atoms with E-state index in [0.29, 0.717) is 10.5 Å². The number of halogens is 1. The van der Waals surface area contributed by atoms with Gasteiger partial charge in [-0.2, -0.15) is 0 Å². The summed E-state index contributed by atoms with van der Waals surface area (Å²) in [6, 6.07) is 21.6. The molecule has 0 aliphatic carbocycles. The van der Waals surface area contributed by atoms with E-state index in [1.165, 1.54) is 27.1 Å². The van der Waals surface area contributed by atoms with Crippen molar-refractivity contribution in [2.75, 3.05) is 0 Å². The summed E-state index contributed by atoms with van der Waals surface area (Å²) >= 11 is 5.36. The largest absolute Gasteiger partial charge is 0.414 e. The maximum Gasteiger partial charge on any atom is 0.147 e. The van der Waals surface area contributed by atoms with Gasteiger partial charge in [-0.15, -0.1) is 11.3 Å². The minimum Gasteiger partial charge on any atom is -0.414 e. The summed E-state index contributed by atoms with van der Waals surface area (Å²) in [5, 5.41) is 0. The molecule has 1 atom stereocenters. The summed E-state index contributed by atoms with van der Waals surface area (Å²) in [4.78, 5) is 1.28. The quantitative estimate of drug-likeness (QED) is 0.443. The third-order valence-electron chi connectivity index (χ3n) is 5.09. The lowest BCUT2D eigenvalue weighted by atomic mass is 9.67. The normalized spacial score (nSPS) is 14.3. The first-order valence-corrected chi connectivity index (χ1v) is 11.2. The van der Waals surface area contributed by atoms with Crippen LogP contribution in [-0.2, 0) is 10.0 Å². The number of thiophene rings is 1. The van der Waals surface area contributed by atoms with E-state index >= 15 is 0 Å². The molecule has 3 aromatic rings. The monoisotopic (exact) mass is 444 g/mol. The van der Waals surface area contributed by atoms with Crippen LogP contribution < -0.4 is 0 Å². The van der Waals surface area contributed by atoms with Gasteiger partial charge in [-0.05, 0) is 62.7 Å². The van der Waals surface area contributed by atoms with Crippen LogP contribution in [0, 0.1) is 12.3 Å². The average Bonchev–Trinajstić information content (AvgIpc) is 3.03. The molecule has 0 saturated carbocycles. The van der Waals surface area contributed by atoms with Gasteiger partial charge in [0.2, 0.25) is 0 Å². The number of rotatable bonds is 4. The van der Waals surface area contributed by atoms with E-state index in [1.54, 1.807) is 11.3 Å². The Bertz CT molecular complexity index is 898. The highest BCUT2D eigenvalue weighted by molar-refractivity contribution is 9.11. The van der Waals surface area contributed by atoms with Crippen LogP contribution in [-0.4, -0.2) is 10.5 Å². The summed E-state index contributed by atoms with van der Waals surface area (Å²) in [6.45, 7) is 9.03. The van der Waals surface area contributed by atoms with E-state index in [1.807, 2.05) is 0 Å². The lowest BCUT2D eigenvalue weighted by molar-refractivity contribution is 0.00626. The Morgan fingerprint density at radius 1 is 0.923 bits per heavy atom. The van der Waals surface area contributed by atoms with Crippen molar-refractivity contribution in [3.63, 3.8) is 0 Å². The molecule has 0 radical (unpaired) electrons. The summed E-state index contributed by atoms with van der Waals surface area (Å²) in [5.74, 6) is 0. The van der Waals surface area contributed by atoms with Gasteiger partial charge in [0.05, 0.1) is 3.79 Å². The van der Waals surface area contributed by atoms with Crippen LogP contribution in [0.2, 0.25) is 0 Å². The van der Waals surface area contributed by atoms with Crippen molar-refractivity contribution in [2.45, 2.75) is 33.3 Å². The van der Waals surface area contributed by atoms with E-state index < -0.39 is 5.60 Å². The molecule has 0 saturated heterocycles. The highest BCUT2D eigenvalue weighted by Gasteiger charge is 2.46. The maximum atomic E-state index is 6.48. The Hall–Kier alpha value is -1.20. The van der Waals surface area contributed by atoms with Gasteiger partial charge < -0.3 is 4.43 Å². The first kappa shape index (κ1) is 19.6. The molecule has 0 bridgehead atoms. The third-order valence-corrected chi connectivity index (χ3v) is 7.36. The van der Waals surface area contributed by atoms with E-state index in [4.69, 9.17) is 4.43 Å². The second kappa shape index (κ2) is 7.43. The van der Waals surface area contributed by atoms with E-state index in [9.17, 15) is 0 Å². The van der Waals surface area contributed by atoms with E-state index in [2.05, 4.69) is 104 Å². The molecule has 0 N–H and O–H groups in total. The fourth-order valence-corrected chi connectivity index (χ4v) is 6.48. The number of benzene rings is 2. The zero-order valence-electron chi connectivity index (χ0n) is 16.0. The van der Waals surface area contributed by atoms with Crippen molar-refractivity contribution >= 4 is 37.8 Å². The van der Waals surface area contributed by atoms with Crippen LogP contribution in [0.15, 0.2) is 64.5 Å². The third kappa shape index (κ3) is 3.24. The Morgan fingerprint density at radius 3 is 2.15 bits per heavy atom. The average molecular weight is 445 g/mol. The lowest BCUT2D eigenvalue weighted by Gasteiger charge is -2.46. The molecule has 2 aromatic carbocycles. The van der Waals surface area contributed by atoms with E-state index in [0.717, 1.165) is 3.79 Å². The standard InChI is InChI=1S/C22H25BrOSSi/c1-15-17(19-13-14-20(23)25-19)11-8-12-18(15)22(24-26,21(2,3)4)16-9-6-5-7-10-16/h5-14H,1-4,26H3. The molecule has 26 heavy (non-hydrogen) atoms. The van der Waals surface area contributed by atoms with Gasteiger partial charge in [-0.3, -0.25) is 0 Å². The topological polar surface area (TPSA) is 9.23 Å². The summed E-state index contributed by atoms with van der Waals surface area (Å²) in [7, 11) is 0.662. The Labute approximate surface area is 172 Å². The van der Waals surface area contributed by atoms with Crippen LogP contribution in [0.3, 0.4) is 0 Å². The zero-order valence-corrected chi connectivity index (χ0v) is 20.4. The Balaban J connectivity index is 2.30. The van der Waals surface area contributed by atoms with Crippen molar-refractivity contribution in [1.29, 1.82) is 0 Å². The van der Waals surface area contributed by atoms with Gasteiger partial charge in [0, 0.05) is 4.88 Å². The smallest absolute Gasteiger partial charge is 0.147 e. The van der Waals surface area contributed by atoms with Gasteiger partial charge >= 0.3 is 0 Å². The molecule has 3 rings (SSSR count). The van der Waals surface area contributed by atoms with Crippen molar-refractivity contribution in [2.24, 2.45) is 5.41 Å². The second-order valence-electron chi connectivity index (χ2n) is 7.58. The predicted molar refractivity (Wildman–Crippen MR) is 120 cm³/mol. The molecule has 0 fully saturated rings. The summed E-state index contributed by atoms with van der Waals surface area (Å²) < 4.78 is 7.64. The van der Waals surface area contributed by atoms with Crippen LogP contribution in [0.4, 0.5) is 0 Å². The van der Waals surface area contributed by atoms with Gasteiger partial charge in [-0.1, -0.05) is 69.3 Å². The van der Waals surface area contributed by atoms with E-state index in [-0.39, 0.29) is 5.41 Å². The first-order chi connectivity index (χ1) is 12.3. The first-order valence-electron chi connectivity index (χ1n) is 8.77. The molecule has 1 unspecified atom stereocenters. The molecule has 1 aromatic heterocycles. The van der Waals surface area contributed by atoms with Gasteiger partial charge in [0.1, 0.15) is 16.1 Å². The molecular weight excluding hydrogens is 420 g/mol. The fourth-order valence-electron chi connectivity index (χ4n) is 3.94. The van der Waals surface area contributed by atoms with Gasteiger partial charge in [0.25, 0.3) is 0 Å². The molecule has 0 aliphatic rings. The molecule has 1 nitrogen and oxygen atoms in total. The summed E-state index contributed by atoms with van der Waals surface area (Å²) in [5.41, 5.74) is 4.49. The Kier molecular flexibility index (Phi) is 5.59. The molecule has 4 heteroatoms. The SMILES string of the molecule is Cc1c(-c2ccc(Br)s2)cccc1C(O[SiH3])(c1ccccc1)C(C)(C)C. The minimum atomic E-state index is -0.463. The molecular formula is C22H25BrOSSi. The van der Waals surface area contributed by atoms with Crippen LogP contribution in [0.1, 0.15) is 37.5 Å². The molecule has 0 spiro atoms. The molecule has 0 amide bonds. The molecule has 1 heterocycles. The fraction of sp³-hybridized carbons (Fsp3) is 0.273. The van der Waals surface area contributed by atoms with Crippen LogP contribution >= 0.6 is 27.3 Å².